The van der Waals surface area contributed by atoms with Crippen LogP contribution < -0.4 is 0 Å². The first-order valence-electron chi connectivity index (χ1n) is 7.38. The molecule has 2 aliphatic heterocycles. The standard InChI is InChI=1S/C16H21IO5/c1-15(2)21-10-16(22-15)14(13(18)12(17)9-20-16)19-8-11-6-4-3-5-7-11/h3-7,12-14,18H,8-10H2,1-2H3/t12-,13+,14-,16-/m0/s1. The molecule has 0 saturated carbocycles. The highest BCUT2D eigenvalue weighted by molar-refractivity contribution is 14.1. The first-order valence-corrected chi connectivity index (χ1v) is 8.62. The summed E-state index contributed by atoms with van der Waals surface area (Å²) in [5.74, 6) is -1.79. The summed E-state index contributed by atoms with van der Waals surface area (Å²) in [6, 6.07) is 9.85. The van der Waals surface area contributed by atoms with Gasteiger partial charge in [-0.2, -0.15) is 0 Å². The van der Waals surface area contributed by atoms with Crippen LogP contribution in [0.5, 0.6) is 0 Å². The Morgan fingerprint density at radius 1 is 1.27 bits per heavy atom. The summed E-state index contributed by atoms with van der Waals surface area (Å²) in [6.45, 7) is 4.72. The van der Waals surface area contributed by atoms with E-state index in [1.165, 1.54) is 0 Å². The van der Waals surface area contributed by atoms with Gasteiger partial charge in [-0.25, -0.2) is 0 Å². The van der Waals surface area contributed by atoms with E-state index in [0.29, 0.717) is 13.2 Å². The van der Waals surface area contributed by atoms with Crippen molar-refractivity contribution < 1.29 is 24.1 Å². The summed E-state index contributed by atoms with van der Waals surface area (Å²) < 4.78 is 23.5. The highest BCUT2D eigenvalue weighted by Gasteiger charge is 2.58. The molecule has 0 bridgehead atoms. The Morgan fingerprint density at radius 2 is 2.00 bits per heavy atom. The fraction of sp³-hybridized carbons (Fsp3) is 0.625. The van der Waals surface area contributed by atoms with Gasteiger partial charge in [-0.3, -0.25) is 0 Å². The SMILES string of the molecule is CC1(C)OC[C@]2(OC[C@H](I)[C@@H](O)[C@@H]2OCc2ccccc2)O1. The van der Waals surface area contributed by atoms with Crippen molar-refractivity contribution in [2.75, 3.05) is 13.2 Å². The maximum Gasteiger partial charge on any atom is 0.224 e. The molecule has 0 radical (unpaired) electrons. The molecule has 1 aromatic carbocycles. The molecule has 4 atom stereocenters. The second-order valence-electron chi connectivity index (χ2n) is 6.14. The number of hydrogen-bond acceptors (Lipinski definition) is 5. The summed E-state index contributed by atoms with van der Waals surface area (Å²) in [5.41, 5.74) is 1.04. The van der Waals surface area contributed by atoms with Crippen molar-refractivity contribution in [2.24, 2.45) is 0 Å². The lowest BCUT2D eigenvalue weighted by Gasteiger charge is -2.44. The van der Waals surface area contributed by atoms with Gasteiger partial charge in [0.05, 0.1) is 23.2 Å². The van der Waals surface area contributed by atoms with Crippen molar-refractivity contribution >= 4 is 22.6 Å². The number of aliphatic hydroxyl groups is 1. The van der Waals surface area contributed by atoms with Crippen molar-refractivity contribution in [3.05, 3.63) is 35.9 Å². The maximum atomic E-state index is 10.6. The van der Waals surface area contributed by atoms with Crippen molar-refractivity contribution in [3.63, 3.8) is 0 Å². The third kappa shape index (κ3) is 3.32. The molecule has 0 unspecified atom stereocenters. The Labute approximate surface area is 144 Å². The van der Waals surface area contributed by atoms with Crippen LogP contribution in [-0.2, 0) is 25.6 Å². The molecule has 1 spiro atoms. The zero-order valence-electron chi connectivity index (χ0n) is 12.7. The largest absolute Gasteiger partial charge is 0.389 e. The number of benzene rings is 1. The van der Waals surface area contributed by atoms with Crippen LogP contribution in [0, 0.1) is 0 Å². The Kier molecular flexibility index (Phi) is 4.78. The van der Waals surface area contributed by atoms with Crippen molar-refractivity contribution in [2.45, 2.75) is 48.2 Å². The van der Waals surface area contributed by atoms with Crippen LogP contribution in [-0.4, -0.2) is 46.0 Å². The molecule has 122 valence electrons. The van der Waals surface area contributed by atoms with Crippen molar-refractivity contribution in [1.29, 1.82) is 0 Å². The number of alkyl halides is 1. The number of rotatable bonds is 3. The highest BCUT2D eigenvalue weighted by Crippen LogP contribution is 2.41. The molecule has 3 rings (SSSR count). The van der Waals surface area contributed by atoms with Gasteiger partial charge in [-0.05, 0) is 19.4 Å². The van der Waals surface area contributed by atoms with Gasteiger partial charge in [0.25, 0.3) is 0 Å². The molecule has 0 amide bonds. The third-order valence-corrected chi connectivity index (χ3v) is 5.01. The Hall–Kier alpha value is -0.250. The third-order valence-electron chi connectivity index (χ3n) is 3.91. The molecule has 5 nitrogen and oxygen atoms in total. The van der Waals surface area contributed by atoms with E-state index in [0.717, 1.165) is 5.56 Å². The number of hydrogen-bond donors (Lipinski definition) is 1. The summed E-state index contributed by atoms with van der Waals surface area (Å²) in [4.78, 5) is 0. The first kappa shape index (κ1) is 16.6. The number of halogens is 1. The molecule has 1 aromatic rings. The molecule has 0 aromatic heterocycles. The summed E-state index contributed by atoms with van der Waals surface area (Å²) >= 11 is 2.18. The number of aliphatic hydroxyl groups excluding tert-OH is 1. The summed E-state index contributed by atoms with van der Waals surface area (Å²) in [6.07, 6.45) is -1.26. The van der Waals surface area contributed by atoms with Crippen LogP contribution in [0.4, 0.5) is 0 Å². The molecule has 2 heterocycles. The van der Waals surface area contributed by atoms with E-state index in [4.69, 9.17) is 18.9 Å². The van der Waals surface area contributed by atoms with Gasteiger partial charge in [0.2, 0.25) is 5.79 Å². The smallest absolute Gasteiger partial charge is 0.224 e. The van der Waals surface area contributed by atoms with Gasteiger partial charge in [0.15, 0.2) is 5.79 Å². The molecule has 2 aliphatic rings. The zero-order chi connectivity index (χ0) is 15.8. The topological polar surface area (TPSA) is 57.2 Å². The second-order valence-corrected chi connectivity index (χ2v) is 7.74. The Morgan fingerprint density at radius 3 is 2.64 bits per heavy atom. The van der Waals surface area contributed by atoms with Gasteiger partial charge in [-0.1, -0.05) is 52.9 Å². The van der Waals surface area contributed by atoms with Crippen LogP contribution >= 0.6 is 22.6 Å². The maximum absolute atomic E-state index is 10.6. The minimum Gasteiger partial charge on any atom is -0.389 e. The second kappa shape index (κ2) is 6.33. The minimum atomic E-state index is -1.04. The summed E-state index contributed by atoms with van der Waals surface area (Å²) in [5, 5.41) is 10.6. The van der Waals surface area contributed by atoms with Crippen LogP contribution in [0.3, 0.4) is 0 Å². The first-order chi connectivity index (χ1) is 10.4. The van der Waals surface area contributed by atoms with E-state index >= 15 is 0 Å². The predicted molar refractivity (Wildman–Crippen MR) is 88.6 cm³/mol. The monoisotopic (exact) mass is 420 g/mol. The molecular weight excluding hydrogens is 399 g/mol. The van der Waals surface area contributed by atoms with Gasteiger partial charge in [-0.15, -0.1) is 0 Å². The molecule has 0 aliphatic carbocycles. The predicted octanol–water partition coefficient (Wildman–Crippen LogP) is 2.25. The lowest BCUT2D eigenvalue weighted by atomic mass is 9.99. The van der Waals surface area contributed by atoms with Crippen LogP contribution in [0.15, 0.2) is 30.3 Å². The Bertz CT molecular complexity index is 509. The van der Waals surface area contributed by atoms with E-state index in [2.05, 4.69) is 22.6 Å². The van der Waals surface area contributed by atoms with Gasteiger partial charge >= 0.3 is 0 Å². The van der Waals surface area contributed by atoms with E-state index in [-0.39, 0.29) is 10.5 Å². The molecule has 22 heavy (non-hydrogen) atoms. The molecule has 2 saturated heterocycles. The van der Waals surface area contributed by atoms with Gasteiger partial charge in [0, 0.05) is 0 Å². The van der Waals surface area contributed by atoms with E-state index in [9.17, 15) is 5.11 Å². The average Bonchev–Trinajstić information content (AvgIpc) is 2.81. The normalized spacial score (nSPS) is 37.5. The van der Waals surface area contributed by atoms with Crippen LogP contribution in [0.1, 0.15) is 19.4 Å². The highest BCUT2D eigenvalue weighted by atomic mass is 127. The van der Waals surface area contributed by atoms with E-state index in [1.54, 1.807) is 0 Å². The molecule has 2 fully saturated rings. The van der Waals surface area contributed by atoms with Crippen molar-refractivity contribution in [3.8, 4) is 0 Å². The fourth-order valence-corrected chi connectivity index (χ4v) is 3.35. The van der Waals surface area contributed by atoms with Crippen molar-refractivity contribution in [1.82, 2.24) is 0 Å². The average molecular weight is 420 g/mol. The Balaban J connectivity index is 1.77. The minimum absolute atomic E-state index is 0.0451. The quantitative estimate of drug-likeness (QED) is 0.601. The van der Waals surface area contributed by atoms with E-state index < -0.39 is 23.8 Å². The van der Waals surface area contributed by atoms with Gasteiger partial charge in [0.1, 0.15) is 12.7 Å². The van der Waals surface area contributed by atoms with Crippen LogP contribution in [0.2, 0.25) is 0 Å². The fourth-order valence-electron chi connectivity index (χ4n) is 2.80. The molecule has 1 N–H and O–H groups in total. The summed E-state index contributed by atoms with van der Waals surface area (Å²) in [7, 11) is 0. The lowest BCUT2D eigenvalue weighted by molar-refractivity contribution is -0.328. The lowest BCUT2D eigenvalue weighted by Crippen LogP contribution is -2.62. The zero-order valence-corrected chi connectivity index (χ0v) is 14.9. The van der Waals surface area contributed by atoms with Crippen LogP contribution in [0.25, 0.3) is 0 Å². The molecule has 6 heteroatoms. The molecular formula is C16H21IO5. The number of ether oxygens (including phenoxy) is 4. The van der Waals surface area contributed by atoms with Gasteiger partial charge < -0.3 is 24.1 Å². The van der Waals surface area contributed by atoms with E-state index in [1.807, 2.05) is 44.2 Å².